The quantitative estimate of drug-likeness (QED) is 0.751. The van der Waals surface area contributed by atoms with Crippen molar-refractivity contribution < 1.29 is 4.79 Å². The Bertz CT molecular complexity index is 794. The van der Waals surface area contributed by atoms with Crippen LogP contribution in [-0.2, 0) is 0 Å². The Hall–Kier alpha value is -2.44. The maximum absolute atomic E-state index is 12.6. The van der Waals surface area contributed by atoms with Crippen LogP contribution < -0.4 is 5.32 Å². The van der Waals surface area contributed by atoms with Gasteiger partial charge >= 0.3 is 0 Å². The fourth-order valence-corrected chi connectivity index (χ4v) is 3.06. The van der Waals surface area contributed by atoms with Gasteiger partial charge in [0.1, 0.15) is 5.69 Å². The standard InChI is InChI=1S/C18H20N4OS/c1-21(2)11-10-19-18(23)15-13-22(14-7-4-3-5-8-14)20-17(15)16-9-6-12-24-16/h3-9,12-13H,10-11H2,1-2H3,(H,19,23). The van der Waals surface area contributed by atoms with E-state index < -0.39 is 0 Å². The number of carbonyl (C=O) groups is 1. The second kappa shape index (κ2) is 7.42. The monoisotopic (exact) mass is 340 g/mol. The lowest BCUT2D eigenvalue weighted by molar-refractivity contribution is 0.0951. The highest BCUT2D eigenvalue weighted by atomic mass is 32.1. The Labute approximate surface area is 145 Å². The Morgan fingerprint density at radius 3 is 2.67 bits per heavy atom. The Kier molecular flexibility index (Phi) is 5.08. The van der Waals surface area contributed by atoms with Gasteiger partial charge in [0, 0.05) is 19.3 Å². The molecule has 2 aromatic heterocycles. The molecule has 0 radical (unpaired) electrons. The van der Waals surface area contributed by atoms with E-state index >= 15 is 0 Å². The van der Waals surface area contributed by atoms with E-state index in [0.29, 0.717) is 12.1 Å². The maximum atomic E-state index is 12.6. The van der Waals surface area contributed by atoms with E-state index in [1.165, 1.54) is 0 Å². The van der Waals surface area contributed by atoms with Crippen LogP contribution in [0.25, 0.3) is 16.3 Å². The molecule has 3 rings (SSSR count). The molecule has 3 aromatic rings. The van der Waals surface area contributed by atoms with Crippen molar-refractivity contribution in [2.45, 2.75) is 0 Å². The predicted molar refractivity (Wildman–Crippen MR) is 97.8 cm³/mol. The molecule has 0 spiro atoms. The summed E-state index contributed by atoms with van der Waals surface area (Å²) < 4.78 is 1.76. The number of aromatic nitrogens is 2. The Morgan fingerprint density at radius 2 is 2.00 bits per heavy atom. The first kappa shape index (κ1) is 16.4. The second-order valence-corrected chi connectivity index (χ2v) is 6.66. The molecule has 6 heteroatoms. The molecule has 0 saturated heterocycles. The molecule has 0 saturated carbocycles. The summed E-state index contributed by atoms with van der Waals surface area (Å²) in [5.74, 6) is -0.0950. The highest BCUT2D eigenvalue weighted by molar-refractivity contribution is 7.13. The van der Waals surface area contributed by atoms with Gasteiger partial charge in [-0.3, -0.25) is 4.79 Å². The number of thiophene rings is 1. The molecular formula is C18H20N4OS. The highest BCUT2D eigenvalue weighted by Gasteiger charge is 2.19. The third-order valence-corrected chi connectivity index (χ3v) is 4.46. The van der Waals surface area contributed by atoms with Crippen LogP contribution in [0.1, 0.15) is 10.4 Å². The lowest BCUT2D eigenvalue weighted by Gasteiger charge is -2.10. The van der Waals surface area contributed by atoms with Gasteiger partial charge in [0.15, 0.2) is 0 Å². The Morgan fingerprint density at radius 1 is 1.21 bits per heavy atom. The number of benzene rings is 1. The van der Waals surface area contributed by atoms with Crippen molar-refractivity contribution in [3.63, 3.8) is 0 Å². The first-order valence-corrected chi connectivity index (χ1v) is 8.65. The molecule has 0 aliphatic rings. The molecule has 0 unspecified atom stereocenters. The van der Waals surface area contributed by atoms with E-state index in [0.717, 1.165) is 22.8 Å². The van der Waals surface area contributed by atoms with Crippen LogP contribution in [0.3, 0.4) is 0 Å². The van der Waals surface area contributed by atoms with E-state index in [4.69, 9.17) is 0 Å². The first-order chi connectivity index (χ1) is 11.6. The molecule has 0 atom stereocenters. The van der Waals surface area contributed by atoms with Crippen molar-refractivity contribution in [2.75, 3.05) is 27.2 Å². The molecule has 124 valence electrons. The van der Waals surface area contributed by atoms with E-state index in [1.807, 2.05) is 66.8 Å². The number of nitrogens with one attached hydrogen (secondary N) is 1. The maximum Gasteiger partial charge on any atom is 0.255 e. The minimum Gasteiger partial charge on any atom is -0.351 e. The number of hydrogen-bond donors (Lipinski definition) is 1. The fourth-order valence-electron chi connectivity index (χ4n) is 2.34. The Balaban J connectivity index is 1.92. The van der Waals surface area contributed by atoms with E-state index in [1.54, 1.807) is 22.2 Å². The van der Waals surface area contributed by atoms with Gasteiger partial charge in [-0.2, -0.15) is 5.10 Å². The third-order valence-electron chi connectivity index (χ3n) is 3.58. The number of nitrogens with zero attached hydrogens (tertiary/aromatic N) is 3. The van der Waals surface area contributed by atoms with Gasteiger partial charge in [-0.25, -0.2) is 4.68 Å². The van der Waals surface area contributed by atoms with Gasteiger partial charge in [0.05, 0.1) is 16.1 Å². The molecule has 5 nitrogen and oxygen atoms in total. The molecular weight excluding hydrogens is 320 g/mol. The molecule has 0 fully saturated rings. The van der Waals surface area contributed by atoms with Gasteiger partial charge in [0.2, 0.25) is 0 Å². The molecule has 1 amide bonds. The van der Waals surface area contributed by atoms with E-state index in [-0.39, 0.29) is 5.91 Å². The normalized spacial score (nSPS) is 11.0. The summed E-state index contributed by atoms with van der Waals surface area (Å²) in [6.45, 7) is 1.40. The van der Waals surface area contributed by atoms with Gasteiger partial charge < -0.3 is 10.2 Å². The van der Waals surface area contributed by atoms with Gasteiger partial charge in [-0.1, -0.05) is 24.3 Å². The summed E-state index contributed by atoms with van der Waals surface area (Å²) in [6, 6.07) is 13.8. The third kappa shape index (κ3) is 3.72. The van der Waals surface area contributed by atoms with Crippen molar-refractivity contribution in [2.24, 2.45) is 0 Å². The van der Waals surface area contributed by atoms with Crippen LogP contribution in [0, 0.1) is 0 Å². The summed E-state index contributed by atoms with van der Waals surface area (Å²) in [5, 5.41) is 9.60. The lowest BCUT2D eigenvalue weighted by Crippen LogP contribution is -2.31. The van der Waals surface area contributed by atoms with Crippen LogP contribution in [0.5, 0.6) is 0 Å². The number of hydrogen-bond acceptors (Lipinski definition) is 4. The SMILES string of the molecule is CN(C)CCNC(=O)c1cn(-c2ccccc2)nc1-c1cccs1. The van der Waals surface area contributed by atoms with E-state index in [9.17, 15) is 4.79 Å². The molecule has 2 heterocycles. The topological polar surface area (TPSA) is 50.2 Å². The summed E-state index contributed by atoms with van der Waals surface area (Å²) >= 11 is 1.58. The molecule has 0 aliphatic carbocycles. The average molecular weight is 340 g/mol. The smallest absolute Gasteiger partial charge is 0.255 e. The van der Waals surface area contributed by atoms with Crippen LogP contribution in [0.2, 0.25) is 0 Å². The summed E-state index contributed by atoms with van der Waals surface area (Å²) in [5.41, 5.74) is 2.25. The minimum absolute atomic E-state index is 0.0950. The number of para-hydroxylation sites is 1. The fraction of sp³-hybridized carbons (Fsp3) is 0.222. The molecule has 1 N–H and O–H groups in total. The van der Waals surface area contributed by atoms with Crippen LogP contribution in [-0.4, -0.2) is 47.8 Å². The lowest BCUT2D eigenvalue weighted by atomic mass is 10.2. The highest BCUT2D eigenvalue weighted by Crippen LogP contribution is 2.27. The minimum atomic E-state index is -0.0950. The zero-order valence-corrected chi connectivity index (χ0v) is 14.6. The molecule has 24 heavy (non-hydrogen) atoms. The van der Waals surface area contributed by atoms with Gasteiger partial charge in [0.25, 0.3) is 5.91 Å². The first-order valence-electron chi connectivity index (χ1n) is 7.77. The van der Waals surface area contributed by atoms with Crippen LogP contribution in [0.15, 0.2) is 54.0 Å². The summed E-state index contributed by atoms with van der Waals surface area (Å²) in [6.07, 6.45) is 1.80. The predicted octanol–water partition coefficient (Wildman–Crippen LogP) is 2.89. The van der Waals surface area contributed by atoms with Crippen molar-refractivity contribution in [3.8, 4) is 16.3 Å². The molecule has 0 aliphatic heterocycles. The number of rotatable bonds is 6. The zero-order valence-electron chi connectivity index (χ0n) is 13.8. The summed E-state index contributed by atoms with van der Waals surface area (Å²) in [4.78, 5) is 15.6. The van der Waals surface area contributed by atoms with Crippen LogP contribution >= 0.6 is 11.3 Å². The second-order valence-electron chi connectivity index (χ2n) is 5.71. The van der Waals surface area contributed by atoms with E-state index in [2.05, 4.69) is 10.4 Å². The van der Waals surface area contributed by atoms with Crippen molar-refractivity contribution in [1.29, 1.82) is 0 Å². The van der Waals surface area contributed by atoms with Gasteiger partial charge in [-0.05, 0) is 37.7 Å². The molecule has 1 aromatic carbocycles. The molecule has 0 bridgehead atoms. The number of carbonyl (C=O) groups excluding carboxylic acids is 1. The van der Waals surface area contributed by atoms with Crippen molar-refractivity contribution in [3.05, 3.63) is 59.6 Å². The summed E-state index contributed by atoms with van der Waals surface area (Å²) in [7, 11) is 3.97. The van der Waals surface area contributed by atoms with Crippen molar-refractivity contribution in [1.82, 2.24) is 20.0 Å². The van der Waals surface area contributed by atoms with Crippen molar-refractivity contribution >= 4 is 17.2 Å². The average Bonchev–Trinajstić information content (AvgIpc) is 3.24. The number of amides is 1. The van der Waals surface area contributed by atoms with Gasteiger partial charge in [-0.15, -0.1) is 11.3 Å². The van der Waals surface area contributed by atoms with Crippen LogP contribution in [0.4, 0.5) is 0 Å². The largest absolute Gasteiger partial charge is 0.351 e. The number of likely N-dealkylation sites (N-methyl/N-ethyl adjacent to an activating group) is 1. The zero-order chi connectivity index (χ0) is 16.9.